The number of hydrogen-bond acceptors (Lipinski definition) is 5. The van der Waals surface area contributed by atoms with Crippen LogP contribution in [0, 0.1) is 5.82 Å². The topological polar surface area (TPSA) is 61.4 Å². The van der Waals surface area contributed by atoms with E-state index < -0.39 is 0 Å². The summed E-state index contributed by atoms with van der Waals surface area (Å²) in [6.45, 7) is 0.399. The monoisotopic (exact) mass is 461 g/mol. The van der Waals surface area contributed by atoms with Crippen LogP contribution in [0.25, 0.3) is 0 Å². The van der Waals surface area contributed by atoms with Crippen molar-refractivity contribution in [2.45, 2.75) is 31.8 Å². The molecule has 0 saturated heterocycles. The van der Waals surface area contributed by atoms with Crippen molar-refractivity contribution in [3.63, 3.8) is 0 Å². The molecule has 0 saturated carbocycles. The van der Waals surface area contributed by atoms with E-state index in [1.54, 1.807) is 23.5 Å². The van der Waals surface area contributed by atoms with Crippen molar-refractivity contribution < 1.29 is 14.0 Å². The number of carbonyl (C=O) groups is 2. The van der Waals surface area contributed by atoms with Gasteiger partial charge in [-0.2, -0.15) is 0 Å². The first-order chi connectivity index (χ1) is 16.1. The van der Waals surface area contributed by atoms with Gasteiger partial charge < -0.3 is 15.5 Å². The molecule has 0 fully saturated rings. The van der Waals surface area contributed by atoms with Gasteiger partial charge in [-0.1, -0.05) is 30.3 Å². The molecule has 0 spiro atoms. The molecule has 0 unspecified atom stereocenters. The summed E-state index contributed by atoms with van der Waals surface area (Å²) in [5.74, 6) is -0.339. The number of amides is 1. The number of hydrogen-bond donors (Lipinski definition) is 2. The molecule has 0 bridgehead atoms. The Morgan fingerprint density at radius 3 is 2.70 bits per heavy atom. The van der Waals surface area contributed by atoms with Crippen LogP contribution in [-0.2, 0) is 16.1 Å². The molecule has 2 heterocycles. The van der Waals surface area contributed by atoms with Crippen molar-refractivity contribution in [3.05, 3.63) is 93.6 Å². The number of benzene rings is 2. The average Bonchev–Trinajstić information content (AvgIpc) is 3.30. The summed E-state index contributed by atoms with van der Waals surface area (Å²) in [6, 6.07) is 17.6. The molecular formula is C26H24FN3O2S. The number of fused-ring (bicyclic) bond motifs is 1. The molecule has 2 N–H and O–H groups in total. The van der Waals surface area contributed by atoms with Gasteiger partial charge in [0.1, 0.15) is 5.82 Å². The molecular weight excluding hydrogens is 437 g/mol. The van der Waals surface area contributed by atoms with Crippen molar-refractivity contribution >= 4 is 34.4 Å². The van der Waals surface area contributed by atoms with Gasteiger partial charge in [-0.25, -0.2) is 4.39 Å². The predicted octanol–water partition coefficient (Wildman–Crippen LogP) is 5.18. The number of thiophene rings is 1. The molecule has 3 aromatic rings. The van der Waals surface area contributed by atoms with Crippen LogP contribution in [0.4, 0.5) is 15.8 Å². The van der Waals surface area contributed by atoms with Gasteiger partial charge in [0, 0.05) is 29.1 Å². The third-order valence-electron chi connectivity index (χ3n) is 6.07. The highest BCUT2D eigenvalue weighted by Gasteiger charge is 2.37. The maximum absolute atomic E-state index is 13.2. The molecule has 33 heavy (non-hydrogen) atoms. The molecule has 1 aliphatic carbocycles. The summed E-state index contributed by atoms with van der Waals surface area (Å²) in [4.78, 5) is 29.3. The van der Waals surface area contributed by atoms with Gasteiger partial charge in [0.25, 0.3) is 0 Å². The number of Topliss-reactive ketones (excluding diaryl/α,β-unsaturated/α-hetero) is 1. The molecule has 0 radical (unpaired) electrons. The third kappa shape index (κ3) is 4.41. The van der Waals surface area contributed by atoms with Gasteiger partial charge in [0.15, 0.2) is 5.78 Å². The minimum atomic E-state index is -0.333. The van der Waals surface area contributed by atoms with Crippen molar-refractivity contribution in [2.75, 3.05) is 16.8 Å². The van der Waals surface area contributed by atoms with Crippen LogP contribution < -0.4 is 15.5 Å². The zero-order chi connectivity index (χ0) is 22.8. The molecule has 7 heteroatoms. The van der Waals surface area contributed by atoms with Gasteiger partial charge in [-0.05, 0) is 54.1 Å². The minimum absolute atomic E-state index is 0.0898. The molecule has 1 aliphatic heterocycles. The van der Waals surface area contributed by atoms with Crippen LogP contribution in [-0.4, -0.2) is 18.2 Å². The van der Waals surface area contributed by atoms with Crippen molar-refractivity contribution in [1.29, 1.82) is 0 Å². The summed E-state index contributed by atoms with van der Waals surface area (Å²) in [7, 11) is 0. The van der Waals surface area contributed by atoms with E-state index in [1.807, 2.05) is 46.7 Å². The summed E-state index contributed by atoms with van der Waals surface area (Å²) >= 11 is 1.59. The van der Waals surface area contributed by atoms with Gasteiger partial charge in [-0.3, -0.25) is 9.59 Å². The fourth-order valence-electron chi connectivity index (χ4n) is 4.53. The Kier molecular flexibility index (Phi) is 5.96. The lowest BCUT2D eigenvalue weighted by molar-refractivity contribution is -0.120. The number of anilines is 2. The van der Waals surface area contributed by atoms with Crippen molar-refractivity contribution in [3.8, 4) is 0 Å². The van der Waals surface area contributed by atoms with Gasteiger partial charge in [-0.15, -0.1) is 11.3 Å². The van der Waals surface area contributed by atoms with E-state index in [-0.39, 0.29) is 30.1 Å². The Hall–Kier alpha value is -3.45. The molecule has 168 valence electrons. The van der Waals surface area contributed by atoms with E-state index in [0.717, 1.165) is 45.9 Å². The highest BCUT2D eigenvalue weighted by molar-refractivity contribution is 7.10. The Balaban J connectivity index is 1.50. The molecule has 5 nitrogen and oxygen atoms in total. The standard InChI is InChI=1S/C26H24FN3O2S/c27-18-12-10-17(11-13-18)15-28-24(32)16-30-21-7-2-1-5-19(21)29-20-6-3-8-22(31)25(20)26(30)23-9-4-14-33-23/h1-2,4-5,7,9-14,26,29H,3,6,8,15-16H2,(H,28,32)/t26-/m0/s1. The number of rotatable bonds is 5. The average molecular weight is 462 g/mol. The number of para-hydroxylation sites is 2. The number of allylic oxidation sites excluding steroid dienone is 1. The van der Waals surface area contributed by atoms with Crippen LogP contribution in [0.1, 0.15) is 35.7 Å². The van der Waals surface area contributed by atoms with Crippen molar-refractivity contribution in [1.82, 2.24) is 5.32 Å². The summed E-state index contributed by atoms with van der Waals surface area (Å²) < 4.78 is 13.2. The van der Waals surface area contributed by atoms with Crippen LogP contribution in [0.2, 0.25) is 0 Å². The fourth-order valence-corrected chi connectivity index (χ4v) is 5.38. The Morgan fingerprint density at radius 2 is 1.91 bits per heavy atom. The van der Waals surface area contributed by atoms with Crippen LogP contribution in [0.15, 0.2) is 77.3 Å². The lowest BCUT2D eigenvalue weighted by Crippen LogP contribution is -2.40. The first kappa shape index (κ1) is 21.4. The number of halogens is 1. The highest BCUT2D eigenvalue weighted by atomic mass is 32.1. The van der Waals surface area contributed by atoms with E-state index >= 15 is 0 Å². The van der Waals surface area contributed by atoms with Gasteiger partial charge in [0.05, 0.1) is 24.0 Å². The third-order valence-corrected chi connectivity index (χ3v) is 6.99. The Bertz CT molecular complexity index is 1200. The zero-order valence-electron chi connectivity index (χ0n) is 18.0. The molecule has 1 aromatic heterocycles. The summed E-state index contributed by atoms with van der Waals surface area (Å²) in [5, 5.41) is 8.45. The van der Waals surface area contributed by atoms with Gasteiger partial charge >= 0.3 is 0 Å². The smallest absolute Gasteiger partial charge is 0.239 e. The maximum atomic E-state index is 13.2. The molecule has 1 atom stereocenters. The van der Waals surface area contributed by atoms with Crippen LogP contribution in [0.5, 0.6) is 0 Å². The number of ketones is 1. The predicted molar refractivity (Wildman–Crippen MR) is 129 cm³/mol. The largest absolute Gasteiger partial charge is 0.357 e. The number of carbonyl (C=O) groups excluding carboxylic acids is 2. The normalized spacial score (nSPS) is 17.7. The van der Waals surface area contributed by atoms with E-state index in [4.69, 9.17) is 0 Å². The second-order valence-corrected chi connectivity index (χ2v) is 9.24. The second kappa shape index (κ2) is 9.19. The van der Waals surface area contributed by atoms with E-state index in [1.165, 1.54) is 12.1 Å². The van der Waals surface area contributed by atoms with Crippen LogP contribution >= 0.6 is 11.3 Å². The lowest BCUT2D eigenvalue weighted by Gasteiger charge is -2.34. The Labute approximate surface area is 195 Å². The Morgan fingerprint density at radius 1 is 1.09 bits per heavy atom. The number of nitrogens with one attached hydrogen (secondary N) is 2. The minimum Gasteiger partial charge on any atom is -0.357 e. The van der Waals surface area contributed by atoms with Gasteiger partial charge in [0.2, 0.25) is 5.91 Å². The maximum Gasteiger partial charge on any atom is 0.239 e. The molecule has 2 aliphatic rings. The summed E-state index contributed by atoms with van der Waals surface area (Å²) in [6.07, 6.45) is 2.15. The molecule has 1 amide bonds. The second-order valence-electron chi connectivity index (χ2n) is 8.26. The molecule has 2 aromatic carbocycles. The quantitative estimate of drug-likeness (QED) is 0.549. The molecule has 5 rings (SSSR count). The van der Waals surface area contributed by atoms with E-state index in [2.05, 4.69) is 10.6 Å². The first-order valence-corrected chi connectivity index (χ1v) is 11.9. The SMILES string of the molecule is O=C(CN1c2ccccc2NC2=C(C(=O)CCC2)[C@@H]1c1cccs1)NCc1ccc(F)cc1. The summed E-state index contributed by atoms with van der Waals surface area (Å²) in [5.41, 5.74) is 4.31. The van der Waals surface area contributed by atoms with E-state index in [0.29, 0.717) is 13.0 Å². The lowest BCUT2D eigenvalue weighted by atomic mass is 9.88. The van der Waals surface area contributed by atoms with E-state index in [9.17, 15) is 14.0 Å². The number of nitrogens with zero attached hydrogens (tertiary/aromatic N) is 1. The highest BCUT2D eigenvalue weighted by Crippen LogP contribution is 2.45. The van der Waals surface area contributed by atoms with Crippen LogP contribution in [0.3, 0.4) is 0 Å². The van der Waals surface area contributed by atoms with Crippen molar-refractivity contribution in [2.24, 2.45) is 0 Å². The zero-order valence-corrected chi connectivity index (χ0v) is 18.8. The fraction of sp³-hybridized carbons (Fsp3) is 0.231. The first-order valence-electron chi connectivity index (χ1n) is 11.0.